The maximum absolute atomic E-state index is 10.2. The summed E-state index contributed by atoms with van der Waals surface area (Å²) >= 11 is 0. The van der Waals surface area contributed by atoms with Gasteiger partial charge in [-0.05, 0) is 25.7 Å². The van der Waals surface area contributed by atoms with Crippen molar-refractivity contribution in [3.05, 3.63) is 12.2 Å². The molecule has 1 fully saturated rings. The first-order valence-electron chi connectivity index (χ1n) is 9.29. The number of ether oxygens (including phenoxy) is 1. The summed E-state index contributed by atoms with van der Waals surface area (Å²) in [4.78, 5) is 30.6. The molecule has 0 amide bonds. The Bertz CT molecular complexity index is 419. The zero-order chi connectivity index (χ0) is 19.8. The van der Waals surface area contributed by atoms with Crippen LogP contribution in [0.25, 0.3) is 0 Å². The van der Waals surface area contributed by atoms with E-state index in [2.05, 4.69) is 6.58 Å². The molecule has 0 aromatic rings. The molecule has 1 heterocycles. The Labute approximate surface area is 155 Å². The molecule has 0 aromatic carbocycles. The van der Waals surface area contributed by atoms with Crippen LogP contribution in [0.2, 0.25) is 0 Å². The lowest BCUT2D eigenvalue weighted by molar-refractivity contribution is -0.138. The Morgan fingerprint density at radius 3 is 1.46 bits per heavy atom. The van der Waals surface area contributed by atoms with E-state index >= 15 is 0 Å². The molecule has 26 heavy (non-hydrogen) atoms. The van der Waals surface area contributed by atoms with Crippen molar-refractivity contribution in [1.82, 2.24) is 0 Å². The van der Waals surface area contributed by atoms with Gasteiger partial charge in [0.05, 0.1) is 12.7 Å². The van der Waals surface area contributed by atoms with Crippen LogP contribution in [0.1, 0.15) is 77.0 Å². The van der Waals surface area contributed by atoms with Crippen LogP contribution in [0.3, 0.4) is 0 Å². The summed E-state index contributed by atoms with van der Waals surface area (Å²) in [6.07, 6.45) is 10.2. The van der Waals surface area contributed by atoms with E-state index in [1.54, 1.807) is 0 Å². The van der Waals surface area contributed by atoms with Gasteiger partial charge in [-0.2, -0.15) is 0 Å². The van der Waals surface area contributed by atoms with Gasteiger partial charge in [0, 0.05) is 18.4 Å². The second-order valence-electron chi connectivity index (χ2n) is 6.52. The lowest BCUT2D eigenvalue weighted by Crippen LogP contribution is -1.99. The molecule has 0 bridgehead atoms. The van der Waals surface area contributed by atoms with Gasteiger partial charge in [-0.3, -0.25) is 9.59 Å². The van der Waals surface area contributed by atoms with E-state index in [4.69, 9.17) is 20.1 Å². The van der Waals surface area contributed by atoms with Gasteiger partial charge in [-0.15, -0.1) is 0 Å². The Kier molecular flexibility index (Phi) is 14.3. The molecule has 0 aromatic heterocycles. The Morgan fingerprint density at radius 2 is 1.15 bits per heavy atom. The minimum absolute atomic E-state index is 0.274. The SMILES string of the molecule is C=C(CCC1CO1)C(=O)O.O=C(O)CCCCCCCCCCC(=O)O. The lowest BCUT2D eigenvalue weighted by Gasteiger charge is -2.00. The molecule has 0 radical (unpaired) electrons. The zero-order valence-electron chi connectivity index (χ0n) is 15.5. The highest BCUT2D eigenvalue weighted by Crippen LogP contribution is 2.17. The molecule has 1 rings (SSSR count). The van der Waals surface area contributed by atoms with E-state index in [-0.39, 0.29) is 18.4 Å². The van der Waals surface area contributed by atoms with E-state index in [0.717, 1.165) is 64.4 Å². The van der Waals surface area contributed by atoms with Crippen LogP contribution in [-0.4, -0.2) is 45.9 Å². The van der Waals surface area contributed by atoms with Gasteiger partial charge in [0.1, 0.15) is 0 Å². The molecule has 1 saturated heterocycles. The number of carboxylic acid groups (broad SMARTS) is 3. The second-order valence-corrected chi connectivity index (χ2v) is 6.52. The van der Waals surface area contributed by atoms with E-state index in [0.29, 0.717) is 12.5 Å². The first-order chi connectivity index (χ1) is 12.3. The van der Waals surface area contributed by atoms with Crippen molar-refractivity contribution in [2.75, 3.05) is 6.61 Å². The number of hydrogen-bond acceptors (Lipinski definition) is 4. The van der Waals surface area contributed by atoms with Crippen molar-refractivity contribution >= 4 is 17.9 Å². The van der Waals surface area contributed by atoms with E-state index in [1.807, 2.05) is 0 Å². The minimum Gasteiger partial charge on any atom is -0.481 e. The van der Waals surface area contributed by atoms with Gasteiger partial charge < -0.3 is 20.1 Å². The summed E-state index contributed by atoms with van der Waals surface area (Å²) in [6.45, 7) is 4.18. The van der Waals surface area contributed by atoms with Crippen LogP contribution < -0.4 is 0 Å². The van der Waals surface area contributed by atoms with Crippen LogP contribution in [-0.2, 0) is 19.1 Å². The van der Waals surface area contributed by atoms with Crippen molar-refractivity contribution < 1.29 is 34.4 Å². The fraction of sp³-hybridized carbons (Fsp3) is 0.737. The number of unbranched alkanes of at least 4 members (excludes halogenated alkanes) is 7. The normalized spacial score (nSPS) is 14.8. The molecule has 1 unspecified atom stereocenters. The molecular formula is C19H32O7. The third kappa shape index (κ3) is 18.4. The number of rotatable bonds is 15. The van der Waals surface area contributed by atoms with Gasteiger partial charge in [-0.25, -0.2) is 4.79 Å². The van der Waals surface area contributed by atoms with Gasteiger partial charge in [0.15, 0.2) is 0 Å². The molecule has 0 aliphatic carbocycles. The predicted molar refractivity (Wildman–Crippen MR) is 97.2 cm³/mol. The monoisotopic (exact) mass is 372 g/mol. The predicted octanol–water partition coefficient (Wildman–Crippen LogP) is 3.86. The molecule has 1 aliphatic heterocycles. The highest BCUT2D eigenvalue weighted by atomic mass is 16.6. The fourth-order valence-corrected chi connectivity index (χ4v) is 2.29. The molecule has 0 spiro atoms. The maximum atomic E-state index is 10.2. The van der Waals surface area contributed by atoms with E-state index in [1.165, 1.54) is 0 Å². The van der Waals surface area contributed by atoms with Crippen molar-refractivity contribution in [1.29, 1.82) is 0 Å². The lowest BCUT2D eigenvalue weighted by atomic mass is 10.1. The van der Waals surface area contributed by atoms with E-state index < -0.39 is 17.9 Å². The Hall–Kier alpha value is -1.89. The molecule has 7 heteroatoms. The standard InChI is InChI=1S/C12H22O4.C7H10O3/c13-11(14)9-7-5-3-1-2-4-6-8-10-12(15)16;1-5(7(8)9)2-3-6-4-10-6/h1-10H2,(H,13,14)(H,15,16);6H,1-4H2,(H,8,9). The van der Waals surface area contributed by atoms with Gasteiger partial charge in [0.25, 0.3) is 0 Å². The maximum Gasteiger partial charge on any atom is 0.330 e. The van der Waals surface area contributed by atoms with Crippen molar-refractivity contribution in [2.24, 2.45) is 0 Å². The first kappa shape index (κ1) is 24.1. The Morgan fingerprint density at radius 1 is 0.769 bits per heavy atom. The average Bonchev–Trinajstić information content (AvgIpc) is 3.38. The van der Waals surface area contributed by atoms with Crippen molar-refractivity contribution in [3.8, 4) is 0 Å². The van der Waals surface area contributed by atoms with Gasteiger partial charge in [0.2, 0.25) is 0 Å². The molecular weight excluding hydrogens is 340 g/mol. The summed E-state index contributed by atoms with van der Waals surface area (Å²) in [5, 5.41) is 25.2. The summed E-state index contributed by atoms with van der Waals surface area (Å²) in [5.41, 5.74) is 0.274. The molecule has 1 atom stereocenters. The summed E-state index contributed by atoms with van der Waals surface area (Å²) < 4.78 is 4.90. The van der Waals surface area contributed by atoms with Crippen LogP contribution in [0.4, 0.5) is 0 Å². The molecule has 3 N–H and O–H groups in total. The quantitative estimate of drug-likeness (QED) is 0.226. The molecule has 0 saturated carbocycles. The number of carbonyl (C=O) groups is 3. The molecule has 7 nitrogen and oxygen atoms in total. The second kappa shape index (κ2) is 15.4. The van der Waals surface area contributed by atoms with Crippen molar-refractivity contribution in [3.63, 3.8) is 0 Å². The fourth-order valence-electron chi connectivity index (χ4n) is 2.29. The summed E-state index contributed by atoms with van der Waals surface area (Å²) in [6, 6.07) is 0. The number of epoxide rings is 1. The average molecular weight is 372 g/mol. The topological polar surface area (TPSA) is 124 Å². The first-order valence-corrected chi connectivity index (χ1v) is 9.29. The van der Waals surface area contributed by atoms with Gasteiger partial charge in [-0.1, -0.05) is 45.1 Å². The van der Waals surface area contributed by atoms with Crippen molar-refractivity contribution in [2.45, 2.75) is 83.2 Å². The summed E-state index contributed by atoms with van der Waals surface area (Å²) in [5.74, 6) is -2.33. The molecule has 1 aliphatic rings. The van der Waals surface area contributed by atoms with Crippen LogP contribution in [0.15, 0.2) is 12.2 Å². The van der Waals surface area contributed by atoms with Crippen LogP contribution in [0, 0.1) is 0 Å². The third-order valence-electron chi connectivity index (χ3n) is 4.00. The highest BCUT2D eigenvalue weighted by Gasteiger charge is 2.22. The smallest absolute Gasteiger partial charge is 0.330 e. The van der Waals surface area contributed by atoms with Crippen LogP contribution >= 0.6 is 0 Å². The Balaban J connectivity index is 0.000000531. The van der Waals surface area contributed by atoms with E-state index in [9.17, 15) is 14.4 Å². The summed E-state index contributed by atoms with van der Waals surface area (Å²) in [7, 11) is 0. The number of hydrogen-bond donors (Lipinski definition) is 3. The molecule has 150 valence electrons. The number of carboxylic acids is 3. The minimum atomic E-state index is -0.902. The third-order valence-corrected chi connectivity index (χ3v) is 4.00. The largest absolute Gasteiger partial charge is 0.481 e. The highest BCUT2D eigenvalue weighted by molar-refractivity contribution is 5.85. The number of aliphatic carboxylic acids is 3. The zero-order valence-corrected chi connectivity index (χ0v) is 15.5. The van der Waals surface area contributed by atoms with Crippen LogP contribution in [0.5, 0.6) is 0 Å². The van der Waals surface area contributed by atoms with Gasteiger partial charge >= 0.3 is 17.9 Å².